The lowest BCUT2D eigenvalue weighted by Gasteiger charge is -2.45. The van der Waals surface area contributed by atoms with Crippen molar-refractivity contribution in [2.75, 3.05) is 43.4 Å². The lowest BCUT2D eigenvalue weighted by Crippen LogP contribution is -2.58. The normalized spacial score (nSPS) is 19.1. The number of aromatic nitrogens is 3. The van der Waals surface area contributed by atoms with E-state index < -0.39 is 0 Å². The van der Waals surface area contributed by atoms with Crippen LogP contribution in [0.1, 0.15) is 27.2 Å². The van der Waals surface area contributed by atoms with Gasteiger partial charge in [-0.15, -0.1) is 0 Å². The molecule has 1 aromatic heterocycles. The highest BCUT2D eigenvalue weighted by atomic mass is 35.5. The van der Waals surface area contributed by atoms with Crippen molar-refractivity contribution in [3.8, 4) is 0 Å². The largest absolute Gasteiger partial charge is 0.354 e. The second-order valence-electron chi connectivity index (χ2n) is 5.81. The molecule has 1 aliphatic rings. The summed E-state index contributed by atoms with van der Waals surface area (Å²) in [6.45, 7) is 10.1. The molecule has 0 atom stereocenters. The van der Waals surface area contributed by atoms with Gasteiger partial charge in [0.05, 0.1) is 0 Å². The van der Waals surface area contributed by atoms with Crippen LogP contribution in [0.3, 0.4) is 0 Å². The van der Waals surface area contributed by atoms with Crippen LogP contribution in [0.25, 0.3) is 0 Å². The summed E-state index contributed by atoms with van der Waals surface area (Å²) in [5, 5.41) is 3.40. The van der Waals surface area contributed by atoms with Crippen molar-refractivity contribution < 1.29 is 0 Å². The lowest BCUT2D eigenvalue weighted by molar-refractivity contribution is 0.138. The highest BCUT2D eigenvalue weighted by molar-refractivity contribution is 6.28. The highest BCUT2D eigenvalue weighted by Crippen LogP contribution is 2.23. The van der Waals surface area contributed by atoms with Gasteiger partial charge in [-0.25, -0.2) is 0 Å². The number of anilines is 2. The third-order valence-electron chi connectivity index (χ3n) is 3.73. The van der Waals surface area contributed by atoms with Gasteiger partial charge in [-0.3, -0.25) is 4.90 Å². The molecule has 2 rings (SSSR count). The Morgan fingerprint density at radius 1 is 1.25 bits per heavy atom. The summed E-state index contributed by atoms with van der Waals surface area (Å²) in [6, 6.07) is 0. The van der Waals surface area contributed by atoms with Gasteiger partial charge in [0.25, 0.3) is 0 Å². The zero-order chi connectivity index (χ0) is 14.8. The van der Waals surface area contributed by atoms with E-state index in [0.29, 0.717) is 11.9 Å². The summed E-state index contributed by atoms with van der Waals surface area (Å²) in [4.78, 5) is 17.4. The first-order chi connectivity index (χ1) is 9.42. The number of hydrogen-bond donors (Lipinski definition) is 1. The van der Waals surface area contributed by atoms with Gasteiger partial charge in [-0.2, -0.15) is 15.0 Å². The van der Waals surface area contributed by atoms with Gasteiger partial charge in [0.15, 0.2) is 0 Å². The van der Waals surface area contributed by atoms with Crippen LogP contribution in [0.5, 0.6) is 0 Å². The molecule has 6 nitrogen and oxygen atoms in total. The summed E-state index contributed by atoms with van der Waals surface area (Å²) >= 11 is 6.01. The van der Waals surface area contributed by atoms with Gasteiger partial charge in [0, 0.05) is 31.7 Å². The average Bonchev–Trinajstić information content (AvgIpc) is 2.39. The smallest absolute Gasteiger partial charge is 0.231 e. The first-order valence-corrected chi connectivity index (χ1v) is 7.42. The van der Waals surface area contributed by atoms with Gasteiger partial charge >= 0.3 is 0 Å². The summed E-state index contributed by atoms with van der Waals surface area (Å²) in [6.07, 6.45) is 1.01. The van der Waals surface area contributed by atoms with E-state index in [1.807, 2.05) is 0 Å². The topological polar surface area (TPSA) is 57.2 Å². The van der Waals surface area contributed by atoms with Crippen molar-refractivity contribution in [1.29, 1.82) is 0 Å². The Kier molecular flexibility index (Phi) is 4.65. The number of halogens is 1. The third-order valence-corrected chi connectivity index (χ3v) is 3.90. The molecule has 1 aromatic rings. The summed E-state index contributed by atoms with van der Waals surface area (Å²) in [5.41, 5.74) is 0.0916. The first kappa shape index (κ1) is 15.3. The van der Waals surface area contributed by atoms with E-state index in [0.717, 1.165) is 32.6 Å². The second-order valence-corrected chi connectivity index (χ2v) is 6.15. The van der Waals surface area contributed by atoms with Gasteiger partial charge in [-0.05, 0) is 38.9 Å². The zero-order valence-corrected chi connectivity index (χ0v) is 13.4. The van der Waals surface area contributed by atoms with E-state index in [1.54, 1.807) is 0 Å². The Hall–Kier alpha value is -1.14. The summed E-state index contributed by atoms with van der Waals surface area (Å²) in [5.74, 6) is 1.21. The standard InChI is InChI=1S/C13H23ClN6/c1-5-6-15-11-16-10(14)17-12(18-11)20-8-7-19(4)13(2,3)9-20/h5-9H2,1-4H3,(H,15,16,17,18). The van der Waals surface area contributed by atoms with Crippen LogP contribution in [-0.2, 0) is 0 Å². The van der Waals surface area contributed by atoms with Crippen LogP contribution in [0, 0.1) is 0 Å². The molecule has 1 fully saturated rings. The van der Waals surface area contributed by atoms with E-state index in [2.05, 4.69) is 57.9 Å². The molecule has 0 bridgehead atoms. The molecular formula is C13H23ClN6. The van der Waals surface area contributed by atoms with E-state index in [4.69, 9.17) is 11.6 Å². The van der Waals surface area contributed by atoms with Gasteiger partial charge in [0.2, 0.25) is 17.2 Å². The fraction of sp³-hybridized carbons (Fsp3) is 0.769. The highest BCUT2D eigenvalue weighted by Gasteiger charge is 2.32. The number of hydrogen-bond acceptors (Lipinski definition) is 6. The van der Waals surface area contributed by atoms with E-state index in [1.165, 1.54) is 0 Å². The van der Waals surface area contributed by atoms with Crippen molar-refractivity contribution in [3.05, 3.63) is 5.28 Å². The number of likely N-dealkylation sites (N-methyl/N-ethyl adjacent to an activating group) is 1. The predicted octanol–water partition coefficient (Wildman–Crippen LogP) is 1.88. The average molecular weight is 299 g/mol. The van der Waals surface area contributed by atoms with E-state index >= 15 is 0 Å². The minimum absolute atomic E-state index is 0.0916. The van der Waals surface area contributed by atoms with E-state index in [-0.39, 0.29) is 10.8 Å². The Balaban J connectivity index is 2.17. The maximum absolute atomic E-state index is 6.01. The Morgan fingerprint density at radius 2 is 2.00 bits per heavy atom. The fourth-order valence-corrected chi connectivity index (χ4v) is 2.36. The lowest BCUT2D eigenvalue weighted by atomic mass is 10.0. The molecule has 0 aliphatic carbocycles. The fourth-order valence-electron chi connectivity index (χ4n) is 2.21. The van der Waals surface area contributed by atoms with Crippen LogP contribution in [0.2, 0.25) is 5.28 Å². The van der Waals surface area contributed by atoms with Crippen LogP contribution in [0.4, 0.5) is 11.9 Å². The Labute approximate surface area is 125 Å². The van der Waals surface area contributed by atoms with Crippen molar-refractivity contribution >= 4 is 23.5 Å². The Morgan fingerprint density at radius 3 is 2.65 bits per heavy atom. The van der Waals surface area contributed by atoms with Crippen LogP contribution in [0.15, 0.2) is 0 Å². The summed E-state index contributed by atoms with van der Waals surface area (Å²) < 4.78 is 0. The van der Waals surface area contributed by atoms with E-state index in [9.17, 15) is 0 Å². The predicted molar refractivity (Wildman–Crippen MR) is 82.5 cm³/mol. The van der Waals surface area contributed by atoms with Crippen LogP contribution < -0.4 is 10.2 Å². The molecule has 0 amide bonds. The molecule has 20 heavy (non-hydrogen) atoms. The maximum atomic E-state index is 6.01. The molecule has 1 N–H and O–H groups in total. The molecule has 1 aliphatic heterocycles. The van der Waals surface area contributed by atoms with Crippen molar-refractivity contribution in [2.45, 2.75) is 32.7 Å². The first-order valence-electron chi connectivity index (χ1n) is 7.04. The zero-order valence-electron chi connectivity index (χ0n) is 12.6. The molecule has 0 spiro atoms. The third kappa shape index (κ3) is 3.49. The van der Waals surface area contributed by atoms with Gasteiger partial charge < -0.3 is 10.2 Å². The molecule has 0 saturated carbocycles. The molecule has 0 radical (unpaired) electrons. The van der Waals surface area contributed by atoms with Crippen molar-refractivity contribution in [3.63, 3.8) is 0 Å². The number of rotatable bonds is 4. The minimum atomic E-state index is 0.0916. The molecule has 0 unspecified atom stereocenters. The number of nitrogens with zero attached hydrogens (tertiary/aromatic N) is 5. The number of nitrogens with one attached hydrogen (secondary N) is 1. The molecule has 0 aromatic carbocycles. The molecule has 2 heterocycles. The monoisotopic (exact) mass is 298 g/mol. The summed E-state index contributed by atoms with van der Waals surface area (Å²) in [7, 11) is 2.14. The molecular weight excluding hydrogens is 276 g/mol. The molecule has 1 saturated heterocycles. The minimum Gasteiger partial charge on any atom is -0.354 e. The van der Waals surface area contributed by atoms with Gasteiger partial charge in [-0.1, -0.05) is 6.92 Å². The van der Waals surface area contributed by atoms with Crippen LogP contribution in [-0.4, -0.2) is 58.6 Å². The van der Waals surface area contributed by atoms with Crippen molar-refractivity contribution in [2.24, 2.45) is 0 Å². The quantitative estimate of drug-likeness (QED) is 0.916. The van der Waals surface area contributed by atoms with Crippen LogP contribution >= 0.6 is 11.6 Å². The molecule has 112 valence electrons. The maximum Gasteiger partial charge on any atom is 0.231 e. The van der Waals surface area contributed by atoms with Gasteiger partial charge in [0.1, 0.15) is 0 Å². The Bertz CT molecular complexity index is 464. The second kappa shape index (κ2) is 6.10. The number of piperazine rings is 1. The SMILES string of the molecule is CCCNc1nc(Cl)nc(N2CCN(C)C(C)(C)C2)n1. The molecule has 7 heteroatoms. The van der Waals surface area contributed by atoms with Crippen molar-refractivity contribution in [1.82, 2.24) is 19.9 Å².